The number of nitrogens with zero attached hydrogens (tertiary/aromatic N) is 3. The summed E-state index contributed by atoms with van der Waals surface area (Å²) in [7, 11) is 0. The third-order valence-electron chi connectivity index (χ3n) is 11.8. The first kappa shape index (κ1) is 63.2. The summed E-state index contributed by atoms with van der Waals surface area (Å²) in [6.07, 6.45) is 14.1. The number of benzene rings is 2. The van der Waals surface area contributed by atoms with Gasteiger partial charge in [-0.15, -0.1) is 0 Å². The van der Waals surface area contributed by atoms with E-state index in [9.17, 15) is 22.4 Å². The molecule has 4 aromatic rings. The Morgan fingerprint density at radius 2 is 1.45 bits per heavy atom. The molecule has 0 saturated heterocycles. The fourth-order valence-electron chi connectivity index (χ4n) is 8.26. The van der Waals surface area contributed by atoms with Crippen LogP contribution in [0.4, 0.5) is 17.6 Å². The highest BCUT2D eigenvalue weighted by atomic mass is 32.2. The van der Waals surface area contributed by atoms with Gasteiger partial charge in [0.05, 0.1) is 11.1 Å². The second-order valence-electron chi connectivity index (χ2n) is 18.2. The predicted octanol–water partition coefficient (Wildman–Crippen LogP) is 14.4. The van der Waals surface area contributed by atoms with Gasteiger partial charge in [0.25, 0.3) is 5.56 Å². The van der Waals surface area contributed by atoms with Crippen molar-refractivity contribution in [1.29, 1.82) is 5.41 Å². The van der Waals surface area contributed by atoms with Crippen LogP contribution in [0.3, 0.4) is 0 Å². The number of hydrogen-bond acceptors (Lipinski definition) is 8. The first-order valence-electron chi connectivity index (χ1n) is 25.4. The molecule has 2 aromatic heterocycles. The first-order chi connectivity index (χ1) is 32.7. The summed E-state index contributed by atoms with van der Waals surface area (Å²) in [5, 5.41) is 16.9. The first-order valence-corrected chi connectivity index (χ1v) is 26.9. The number of hydrogen-bond donors (Lipinski definition) is 2. The molecule has 1 aliphatic rings. The fraction of sp³-hybridized carbons (Fsp3) is 0.636. The largest absolute Gasteiger partial charge is 0.773 e. The Morgan fingerprint density at radius 3 is 1.94 bits per heavy atom. The number of unbranched alkanes of at least 4 members (excludes halogenated alkanes) is 5. The summed E-state index contributed by atoms with van der Waals surface area (Å²) in [4.78, 5) is 24.7. The molecule has 14 heteroatoms. The Bertz CT molecular complexity index is 2170. The minimum Gasteiger partial charge on any atom is -0.773 e. The number of aryl methyl sites for hydroxylation is 2. The number of pyridine rings is 1. The van der Waals surface area contributed by atoms with Crippen molar-refractivity contribution >= 4 is 27.8 Å². The molecule has 2 heterocycles. The molecule has 2 N–H and O–H groups in total. The van der Waals surface area contributed by atoms with E-state index in [1.165, 1.54) is 57.1 Å². The average Bonchev–Trinajstić information content (AvgIpc) is 3.27. The van der Waals surface area contributed by atoms with E-state index in [2.05, 4.69) is 27.7 Å². The highest BCUT2D eigenvalue weighted by Gasteiger charge is 2.36. The van der Waals surface area contributed by atoms with Crippen molar-refractivity contribution in [2.24, 2.45) is 5.92 Å². The van der Waals surface area contributed by atoms with Gasteiger partial charge in [0, 0.05) is 67.5 Å². The molecule has 0 bridgehead atoms. The zero-order valence-electron chi connectivity index (χ0n) is 44.0. The third kappa shape index (κ3) is 21.6. The third-order valence-corrected chi connectivity index (χ3v) is 11.8. The van der Waals surface area contributed by atoms with Crippen LogP contribution < -0.4 is 5.56 Å². The van der Waals surface area contributed by atoms with Crippen LogP contribution in [-0.2, 0) is 28.7 Å². The van der Waals surface area contributed by atoms with Gasteiger partial charge in [0.1, 0.15) is 17.5 Å². The highest BCUT2D eigenvalue weighted by Crippen LogP contribution is 2.41. The van der Waals surface area contributed by atoms with Crippen LogP contribution in [-0.4, -0.2) is 66.1 Å². The van der Waals surface area contributed by atoms with Crippen molar-refractivity contribution in [3.63, 3.8) is 0 Å². The van der Waals surface area contributed by atoms with Crippen LogP contribution in [0, 0.1) is 36.8 Å². The zero-order valence-corrected chi connectivity index (χ0v) is 44.8. The molecule has 0 radical (unpaired) electrons. The minimum atomic E-state index is -2.68. The summed E-state index contributed by atoms with van der Waals surface area (Å²) in [6, 6.07) is 9.12. The Balaban J connectivity index is 0.000000899. The second kappa shape index (κ2) is 33.7. The molecule has 0 spiro atoms. The number of ether oxygens (including phenoxy) is 1. The topological polar surface area (TPSA) is 141 Å². The van der Waals surface area contributed by atoms with Crippen molar-refractivity contribution in [1.82, 2.24) is 14.5 Å². The summed E-state index contributed by atoms with van der Waals surface area (Å²) in [6.45, 7) is 24.3. The van der Waals surface area contributed by atoms with Gasteiger partial charge in [-0.3, -0.25) is 13.6 Å². The van der Waals surface area contributed by atoms with Gasteiger partial charge in [-0.25, -0.2) is 27.5 Å². The van der Waals surface area contributed by atoms with E-state index >= 15 is 0 Å². The Kier molecular flexibility index (Phi) is 30.8. The minimum absolute atomic E-state index is 0.0412. The zero-order chi connectivity index (χ0) is 52.3. The predicted molar refractivity (Wildman–Crippen MR) is 278 cm³/mol. The molecular formula is C55H85F4N4O5S-. The monoisotopic (exact) mass is 990 g/mol. The molecule has 5 rings (SSSR count). The van der Waals surface area contributed by atoms with Crippen LogP contribution in [0.25, 0.3) is 16.7 Å². The van der Waals surface area contributed by atoms with E-state index in [1.807, 2.05) is 59.7 Å². The van der Waals surface area contributed by atoms with Crippen LogP contribution in [0.5, 0.6) is 0 Å². The van der Waals surface area contributed by atoms with Gasteiger partial charge in [-0.2, -0.15) is 0 Å². The highest BCUT2D eigenvalue weighted by molar-refractivity contribution is 7.78. The molecular weight excluding hydrogens is 905 g/mol. The van der Waals surface area contributed by atoms with Crippen LogP contribution in [0.1, 0.15) is 203 Å². The van der Waals surface area contributed by atoms with Crippen molar-refractivity contribution < 1.29 is 36.2 Å². The van der Waals surface area contributed by atoms with Crippen LogP contribution >= 0.6 is 0 Å². The van der Waals surface area contributed by atoms with Gasteiger partial charge in [0.15, 0.2) is 5.65 Å². The number of halogens is 4. The van der Waals surface area contributed by atoms with Gasteiger partial charge in [-0.05, 0) is 124 Å². The number of alkyl halides is 2. The Labute approximate surface area is 414 Å². The number of aliphatic hydroxyl groups excluding tert-OH is 1. The van der Waals surface area contributed by atoms with E-state index in [-0.39, 0.29) is 48.9 Å². The maximum absolute atomic E-state index is 14.7. The molecule has 0 amide bonds. The maximum atomic E-state index is 14.7. The normalized spacial score (nSPS) is 14.0. The number of rotatable bonds is 19. The van der Waals surface area contributed by atoms with E-state index in [1.54, 1.807) is 11.5 Å². The number of nitrogens with one attached hydrogen (secondary N) is 1. The van der Waals surface area contributed by atoms with E-state index in [4.69, 9.17) is 34.0 Å². The van der Waals surface area contributed by atoms with Crippen LogP contribution in [0.15, 0.2) is 41.2 Å². The lowest BCUT2D eigenvalue weighted by Crippen LogP contribution is -2.29. The van der Waals surface area contributed by atoms with Crippen molar-refractivity contribution in [3.8, 4) is 5.69 Å². The molecule has 1 saturated carbocycles. The molecule has 2 atom stereocenters. The molecule has 2 aromatic carbocycles. The van der Waals surface area contributed by atoms with Crippen molar-refractivity contribution in [3.05, 3.63) is 97.7 Å². The summed E-state index contributed by atoms with van der Waals surface area (Å²) < 4.78 is 81.5. The van der Waals surface area contributed by atoms with Crippen LogP contribution in [0.2, 0.25) is 0 Å². The SMILES string of the molecule is CCCC(Cc1cc(F)cc(F)c1)c1nc2nc(C3CCC(F)(F)CC3)cc(C)c2c(=O)n1-c1ccc(CC)c(C(=N)C(C)C)c1C.CCCCCCC.CCCCOCCC.CCO.CS(=O)[O-]. The number of aromatic nitrogens is 3. The number of fused-ring (bicyclic) bond motifs is 1. The smallest absolute Gasteiger partial charge is 0.267 e. The lowest BCUT2D eigenvalue weighted by Gasteiger charge is -2.28. The molecule has 1 aliphatic carbocycles. The lowest BCUT2D eigenvalue weighted by molar-refractivity contribution is -0.0384. The van der Waals surface area contributed by atoms with Crippen molar-refractivity contribution in [2.75, 3.05) is 26.1 Å². The molecule has 390 valence electrons. The lowest BCUT2D eigenvalue weighted by atomic mass is 9.84. The molecule has 0 aliphatic heterocycles. The summed E-state index contributed by atoms with van der Waals surface area (Å²) in [5.41, 5.74) is 5.36. The molecule has 2 unspecified atom stereocenters. The van der Waals surface area contributed by atoms with Gasteiger partial charge >= 0.3 is 0 Å². The number of aliphatic hydroxyl groups is 1. The van der Waals surface area contributed by atoms with E-state index in [0.29, 0.717) is 65.1 Å². The van der Waals surface area contributed by atoms with E-state index < -0.39 is 34.6 Å². The summed E-state index contributed by atoms with van der Waals surface area (Å²) >= 11 is -1.86. The van der Waals surface area contributed by atoms with Gasteiger partial charge in [-0.1, -0.05) is 117 Å². The molecule has 1 fully saturated rings. The van der Waals surface area contributed by atoms with Gasteiger partial charge < -0.3 is 19.8 Å². The second-order valence-corrected chi connectivity index (χ2v) is 19.0. The van der Waals surface area contributed by atoms with Crippen molar-refractivity contribution in [2.45, 2.75) is 197 Å². The summed E-state index contributed by atoms with van der Waals surface area (Å²) in [5.74, 6) is -4.23. The Morgan fingerprint density at radius 1 is 0.884 bits per heavy atom. The van der Waals surface area contributed by atoms with E-state index in [0.717, 1.165) is 55.1 Å². The van der Waals surface area contributed by atoms with Gasteiger partial charge in [0.2, 0.25) is 5.92 Å². The molecule has 69 heavy (non-hydrogen) atoms. The Hall–Kier alpha value is -3.85. The standard InChI is InChI=1S/C38H44F4N4O.C7H16O.C7H16.C2H6O.CH4O2S/c1-7-9-27(17-24-18-28(39)20-29(40)19-24)36-45-35-32(22(5)16-30(44-35)26-12-14-38(41,42)15-13-26)37(47)46(36)31-11-10-25(8-2)33(23(31)6)34(43)21(3)4;1-3-5-7-8-6-4-2;1-3-5-7-6-4-2;1-2-3;1-4(2)3/h10-11,16,18-21,26-27,43H,7-9,12-15,17H2,1-6H3;3-7H2,1-2H3;3-7H2,1-2H3;3H,2H2,1H3;1H3,(H,2,3)/p-1. The maximum Gasteiger partial charge on any atom is 0.267 e. The fourth-order valence-corrected chi connectivity index (χ4v) is 8.26. The quantitative estimate of drug-likeness (QED) is 0.0412. The average molecular weight is 990 g/mol. The molecule has 9 nitrogen and oxygen atoms in total.